The molecule has 1 N–H and O–H groups in total. The minimum absolute atomic E-state index is 0.0647. The molecule has 0 radical (unpaired) electrons. The predicted molar refractivity (Wildman–Crippen MR) is 123 cm³/mol. The van der Waals surface area contributed by atoms with Crippen LogP contribution in [0.3, 0.4) is 0 Å². The maximum absolute atomic E-state index is 13.0. The highest BCUT2D eigenvalue weighted by Crippen LogP contribution is 2.41. The average Bonchev–Trinajstić information content (AvgIpc) is 2.89. The van der Waals surface area contributed by atoms with Gasteiger partial charge in [-0.05, 0) is 55.9 Å². The van der Waals surface area contributed by atoms with Crippen LogP contribution >= 0.6 is 0 Å². The van der Waals surface area contributed by atoms with E-state index >= 15 is 0 Å². The van der Waals surface area contributed by atoms with E-state index in [1.165, 1.54) is 25.7 Å². The van der Waals surface area contributed by atoms with Crippen molar-refractivity contribution in [1.82, 2.24) is 15.1 Å². The van der Waals surface area contributed by atoms with E-state index in [0.717, 1.165) is 49.7 Å². The van der Waals surface area contributed by atoms with Gasteiger partial charge in [0.2, 0.25) is 5.91 Å². The standard InChI is InChI=1S/C26H33N3O4/c1-17-7-10-22(24(30)27-17)29-12-18-11-19(8-9-20(18)25(29)31)33-23-6-4-2-3-5-21(23)28-13-26(14-28)15-32-16-26/h8-9,11,21-23H,1-7,10,12-16H2,(H,27,30)/t21-,22?,23-/m0/s1. The summed E-state index contributed by atoms with van der Waals surface area (Å²) in [6, 6.07) is 5.85. The van der Waals surface area contributed by atoms with Crippen LogP contribution in [0.5, 0.6) is 5.75 Å². The highest BCUT2D eigenvalue weighted by molar-refractivity contribution is 6.01. The normalized spacial score (nSPS) is 31.5. The lowest BCUT2D eigenvalue weighted by Gasteiger charge is -2.58. The molecule has 3 atom stereocenters. The average molecular weight is 452 g/mol. The van der Waals surface area contributed by atoms with Gasteiger partial charge in [0, 0.05) is 42.4 Å². The smallest absolute Gasteiger partial charge is 0.255 e. The maximum Gasteiger partial charge on any atom is 0.255 e. The number of amides is 2. The molecule has 0 aromatic heterocycles. The molecule has 176 valence electrons. The number of ether oxygens (including phenoxy) is 2. The molecule has 7 heteroatoms. The number of fused-ring (bicyclic) bond motifs is 1. The molecule has 3 saturated heterocycles. The molecule has 4 aliphatic heterocycles. The third-order valence-electron chi connectivity index (χ3n) is 8.17. The molecular formula is C26H33N3O4. The van der Waals surface area contributed by atoms with Crippen LogP contribution in [-0.4, -0.2) is 66.1 Å². The van der Waals surface area contributed by atoms with E-state index in [9.17, 15) is 9.59 Å². The molecule has 7 nitrogen and oxygen atoms in total. The van der Waals surface area contributed by atoms with Gasteiger partial charge in [0.25, 0.3) is 5.91 Å². The molecule has 6 rings (SSSR count). The first-order valence-electron chi connectivity index (χ1n) is 12.4. The number of hydrogen-bond acceptors (Lipinski definition) is 5. The van der Waals surface area contributed by atoms with Crippen LogP contribution in [0.2, 0.25) is 0 Å². The number of carbonyl (C=O) groups is 2. The highest BCUT2D eigenvalue weighted by Gasteiger charge is 2.52. The number of nitrogens with one attached hydrogen (secondary N) is 1. The molecule has 1 unspecified atom stereocenters. The fourth-order valence-corrected chi connectivity index (χ4v) is 6.31. The second-order valence-electron chi connectivity index (χ2n) is 10.7. The Hall–Kier alpha value is -2.38. The van der Waals surface area contributed by atoms with Crippen LogP contribution in [-0.2, 0) is 16.1 Å². The van der Waals surface area contributed by atoms with Gasteiger partial charge >= 0.3 is 0 Å². The molecule has 2 amide bonds. The van der Waals surface area contributed by atoms with E-state index in [1.54, 1.807) is 4.90 Å². The third kappa shape index (κ3) is 3.75. The number of allylic oxidation sites excluding steroid dienone is 1. The number of benzene rings is 1. The van der Waals surface area contributed by atoms with Crippen molar-refractivity contribution in [2.45, 2.75) is 69.7 Å². The summed E-state index contributed by atoms with van der Waals surface area (Å²) in [5.74, 6) is 0.642. The molecule has 4 fully saturated rings. The van der Waals surface area contributed by atoms with E-state index in [2.05, 4.69) is 16.8 Å². The van der Waals surface area contributed by atoms with Crippen molar-refractivity contribution < 1.29 is 19.1 Å². The van der Waals surface area contributed by atoms with Crippen molar-refractivity contribution in [3.8, 4) is 5.75 Å². The summed E-state index contributed by atoms with van der Waals surface area (Å²) in [5, 5.41) is 2.80. The van der Waals surface area contributed by atoms with E-state index in [1.807, 2.05) is 18.2 Å². The Morgan fingerprint density at radius 2 is 1.91 bits per heavy atom. The SMILES string of the molecule is C=C1CCC(N2Cc3cc(O[C@H]4CCCCC[C@@H]4N4CC5(COC5)C4)ccc3C2=O)C(=O)N1. The van der Waals surface area contributed by atoms with Crippen molar-refractivity contribution in [1.29, 1.82) is 0 Å². The van der Waals surface area contributed by atoms with E-state index in [4.69, 9.17) is 9.47 Å². The van der Waals surface area contributed by atoms with Gasteiger partial charge < -0.3 is 19.7 Å². The van der Waals surface area contributed by atoms with Crippen LogP contribution < -0.4 is 10.1 Å². The van der Waals surface area contributed by atoms with Crippen molar-refractivity contribution in [3.05, 3.63) is 41.6 Å². The minimum Gasteiger partial charge on any atom is -0.489 e. The molecule has 1 saturated carbocycles. The fourth-order valence-electron chi connectivity index (χ4n) is 6.31. The molecule has 33 heavy (non-hydrogen) atoms. The summed E-state index contributed by atoms with van der Waals surface area (Å²) in [7, 11) is 0. The summed E-state index contributed by atoms with van der Waals surface area (Å²) >= 11 is 0. The third-order valence-corrected chi connectivity index (χ3v) is 8.17. The summed E-state index contributed by atoms with van der Waals surface area (Å²) in [5.41, 5.74) is 2.78. The largest absolute Gasteiger partial charge is 0.489 e. The van der Waals surface area contributed by atoms with Crippen LogP contribution in [0, 0.1) is 5.41 Å². The van der Waals surface area contributed by atoms with Gasteiger partial charge in [0.1, 0.15) is 17.9 Å². The molecule has 5 aliphatic rings. The summed E-state index contributed by atoms with van der Waals surface area (Å²) in [6.45, 7) is 8.36. The summed E-state index contributed by atoms with van der Waals surface area (Å²) in [6.07, 6.45) is 7.48. The van der Waals surface area contributed by atoms with Crippen molar-refractivity contribution >= 4 is 11.8 Å². The summed E-state index contributed by atoms with van der Waals surface area (Å²) < 4.78 is 12.1. The number of hydrogen-bond donors (Lipinski definition) is 1. The zero-order valence-electron chi connectivity index (χ0n) is 19.2. The van der Waals surface area contributed by atoms with Gasteiger partial charge in [0.15, 0.2) is 0 Å². The van der Waals surface area contributed by atoms with Crippen molar-refractivity contribution in [2.24, 2.45) is 5.41 Å². The van der Waals surface area contributed by atoms with Gasteiger partial charge in [-0.3, -0.25) is 14.5 Å². The molecule has 1 aromatic rings. The Kier molecular flexibility index (Phi) is 5.22. The van der Waals surface area contributed by atoms with Crippen molar-refractivity contribution in [3.63, 3.8) is 0 Å². The number of likely N-dealkylation sites (tertiary alicyclic amines) is 1. The van der Waals surface area contributed by atoms with Crippen molar-refractivity contribution in [2.75, 3.05) is 26.3 Å². The van der Waals surface area contributed by atoms with E-state index < -0.39 is 6.04 Å². The minimum atomic E-state index is -0.430. The van der Waals surface area contributed by atoms with Crippen LogP contribution in [0.25, 0.3) is 0 Å². The molecule has 1 aromatic carbocycles. The highest BCUT2D eigenvalue weighted by atomic mass is 16.5. The Morgan fingerprint density at radius 3 is 2.67 bits per heavy atom. The lowest BCUT2D eigenvalue weighted by Crippen LogP contribution is -2.69. The Bertz CT molecular complexity index is 980. The first-order valence-corrected chi connectivity index (χ1v) is 12.4. The van der Waals surface area contributed by atoms with Gasteiger partial charge in [-0.25, -0.2) is 0 Å². The van der Waals surface area contributed by atoms with Crippen LogP contribution in [0.15, 0.2) is 30.5 Å². The maximum atomic E-state index is 13.0. The molecule has 1 spiro atoms. The van der Waals surface area contributed by atoms with E-state index in [0.29, 0.717) is 36.4 Å². The topological polar surface area (TPSA) is 71.1 Å². The number of nitrogens with zero attached hydrogens (tertiary/aromatic N) is 2. The predicted octanol–water partition coefficient (Wildman–Crippen LogP) is 2.85. The van der Waals surface area contributed by atoms with Gasteiger partial charge in [0.05, 0.1) is 13.2 Å². The Labute approximate surface area is 195 Å². The van der Waals surface area contributed by atoms with Gasteiger partial charge in [-0.2, -0.15) is 0 Å². The van der Waals surface area contributed by atoms with E-state index in [-0.39, 0.29) is 17.9 Å². The second kappa shape index (κ2) is 8.13. The second-order valence-corrected chi connectivity index (χ2v) is 10.7. The molecule has 4 heterocycles. The lowest BCUT2D eigenvalue weighted by molar-refractivity contribution is -0.205. The zero-order valence-corrected chi connectivity index (χ0v) is 19.2. The number of carbonyl (C=O) groups excluding carboxylic acids is 2. The summed E-state index contributed by atoms with van der Waals surface area (Å²) in [4.78, 5) is 29.8. The first kappa shape index (κ1) is 21.2. The van der Waals surface area contributed by atoms with Gasteiger partial charge in [-0.1, -0.05) is 19.4 Å². The monoisotopic (exact) mass is 451 g/mol. The Balaban J connectivity index is 1.16. The Morgan fingerprint density at radius 1 is 1.09 bits per heavy atom. The quantitative estimate of drug-likeness (QED) is 0.713. The van der Waals surface area contributed by atoms with Crippen LogP contribution in [0.4, 0.5) is 0 Å². The first-order chi connectivity index (χ1) is 16.0. The fraction of sp³-hybridized carbons (Fsp3) is 0.615. The number of rotatable bonds is 4. The zero-order chi connectivity index (χ0) is 22.6. The number of piperidine rings is 1. The van der Waals surface area contributed by atoms with Gasteiger partial charge in [-0.15, -0.1) is 0 Å². The molecular weight excluding hydrogens is 418 g/mol. The molecule has 1 aliphatic carbocycles. The molecule has 0 bridgehead atoms. The lowest BCUT2D eigenvalue weighted by atomic mass is 9.76. The van der Waals surface area contributed by atoms with Crippen LogP contribution in [0.1, 0.15) is 60.9 Å².